The number of ether oxygens (including phenoxy) is 1. The second kappa shape index (κ2) is 10.9. The van der Waals surface area contributed by atoms with E-state index >= 15 is 0 Å². The highest BCUT2D eigenvalue weighted by molar-refractivity contribution is 6.31. The third-order valence-electron chi connectivity index (χ3n) is 5.66. The minimum absolute atomic E-state index is 0.253. The Bertz CT molecular complexity index is 1460. The summed E-state index contributed by atoms with van der Waals surface area (Å²) in [5.41, 5.74) is 5.81. The second-order valence-electron chi connectivity index (χ2n) is 9.72. The van der Waals surface area contributed by atoms with Crippen LogP contribution in [-0.2, 0) is 11.3 Å². The Hall–Kier alpha value is -4.09. The zero-order valence-electron chi connectivity index (χ0n) is 20.9. The lowest BCUT2D eigenvalue weighted by Gasteiger charge is -2.19. The summed E-state index contributed by atoms with van der Waals surface area (Å²) in [6, 6.07) is 28.4. The molecule has 0 heterocycles. The van der Waals surface area contributed by atoms with E-state index < -0.39 is 17.7 Å². The Morgan fingerprint density at radius 1 is 0.784 bits per heavy atom. The Balaban J connectivity index is 1.62. The van der Waals surface area contributed by atoms with Crippen LogP contribution in [0.25, 0.3) is 33.4 Å². The van der Waals surface area contributed by atoms with Gasteiger partial charge in [0.15, 0.2) is 0 Å². The van der Waals surface area contributed by atoms with Crippen molar-refractivity contribution in [3.05, 3.63) is 107 Å². The van der Waals surface area contributed by atoms with Crippen molar-refractivity contribution in [1.29, 1.82) is 0 Å². The molecule has 6 heteroatoms. The molecule has 4 aromatic carbocycles. The highest BCUT2D eigenvalue weighted by Crippen LogP contribution is 2.33. The molecule has 188 valence electrons. The smallest absolute Gasteiger partial charge is 0.407 e. The fraction of sp³-hybridized carbons (Fsp3) is 0.161. The van der Waals surface area contributed by atoms with E-state index in [9.17, 15) is 14.7 Å². The van der Waals surface area contributed by atoms with E-state index in [1.54, 1.807) is 12.1 Å². The summed E-state index contributed by atoms with van der Waals surface area (Å²) < 4.78 is 5.32. The van der Waals surface area contributed by atoms with Gasteiger partial charge in [-0.2, -0.15) is 0 Å². The molecule has 0 saturated carbocycles. The summed E-state index contributed by atoms with van der Waals surface area (Å²) in [5, 5.41) is 13.0. The molecule has 0 atom stereocenters. The molecule has 0 aliphatic rings. The molecular weight excluding hydrogens is 486 g/mol. The average Bonchev–Trinajstić information content (AvgIpc) is 2.86. The Morgan fingerprint density at radius 2 is 1.38 bits per heavy atom. The van der Waals surface area contributed by atoms with E-state index in [1.807, 2.05) is 93.6 Å². The standard InChI is InChI=1S/C31H28ClNO4/c1-31(2,3)37-30(36)33-19-20-8-6-9-21(14-20)24-16-25(18-26(32)17-24)22-10-7-11-23(15-22)27-12-4-5-13-28(27)29(34)35/h4-18H,19H2,1-3H3,(H,33,36)(H,34,35). The highest BCUT2D eigenvalue weighted by Gasteiger charge is 2.16. The van der Waals surface area contributed by atoms with E-state index in [4.69, 9.17) is 16.3 Å². The summed E-state index contributed by atoms with van der Waals surface area (Å²) in [7, 11) is 0. The Labute approximate surface area is 221 Å². The Morgan fingerprint density at radius 3 is 2.05 bits per heavy atom. The number of alkyl carbamates (subject to hydrolysis) is 1. The van der Waals surface area contributed by atoms with Gasteiger partial charge in [-0.3, -0.25) is 0 Å². The van der Waals surface area contributed by atoms with Crippen molar-refractivity contribution in [1.82, 2.24) is 5.32 Å². The molecule has 37 heavy (non-hydrogen) atoms. The van der Waals surface area contributed by atoms with Crippen molar-refractivity contribution < 1.29 is 19.4 Å². The van der Waals surface area contributed by atoms with Crippen LogP contribution in [-0.4, -0.2) is 22.8 Å². The topological polar surface area (TPSA) is 75.6 Å². The van der Waals surface area contributed by atoms with E-state index in [-0.39, 0.29) is 5.56 Å². The zero-order valence-corrected chi connectivity index (χ0v) is 21.7. The number of aromatic carboxylic acids is 1. The third kappa shape index (κ3) is 6.78. The van der Waals surface area contributed by atoms with Crippen molar-refractivity contribution in [2.45, 2.75) is 32.9 Å². The number of hydrogen-bond acceptors (Lipinski definition) is 3. The first kappa shape index (κ1) is 26.0. The SMILES string of the molecule is CC(C)(C)OC(=O)NCc1cccc(-c2cc(Cl)cc(-c3cccc(-c4ccccc4C(=O)O)c3)c2)c1. The minimum atomic E-state index is -0.966. The fourth-order valence-electron chi connectivity index (χ4n) is 4.06. The molecular formula is C31H28ClNO4. The van der Waals surface area contributed by atoms with Crippen LogP contribution < -0.4 is 5.32 Å². The fourth-order valence-corrected chi connectivity index (χ4v) is 4.29. The van der Waals surface area contributed by atoms with E-state index in [1.165, 1.54) is 0 Å². The van der Waals surface area contributed by atoms with Crippen LogP contribution in [0.5, 0.6) is 0 Å². The maximum atomic E-state index is 12.0. The van der Waals surface area contributed by atoms with Crippen molar-refractivity contribution in [3.63, 3.8) is 0 Å². The van der Waals surface area contributed by atoms with Gasteiger partial charge in [-0.15, -0.1) is 0 Å². The maximum absolute atomic E-state index is 12.0. The molecule has 0 radical (unpaired) electrons. The number of nitrogens with one attached hydrogen (secondary N) is 1. The van der Waals surface area contributed by atoms with Crippen molar-refractivity contribution in [2.75, 3.05) is 0 Å². The quantitative estimate of drug-likeness (QED) is 0.273. The molecule has 0 aromatic heterocycles. The van der Waals surface area contributed by atoms with Gasteiger partial charge in [0.05, 0.1) is 5.56 Å². The maximum Gasteiger partial charge on any atom is 0.407 e. The van der Waals surface area contributed by atoms with Gasteiger partial charge < -0.3 is 15.2 Å². The second-order valence-corrected chi connectivity index (χ2v) is 10.2. The largest absolute Gasteiger partial charge is 0.478 e. The van der Waals surface area contributed by atoms with Crippen LogP contribution in [0, 0.1) is 0 Å². The first-order valence-corrected chi connectivity index (χ1v) is 12.3. The lowest BCUT2D eigenvalue weighted by atomic mass is 9.94. The number of halogens is 1. The highest BCUT2D eigenvalue weighted by atomic mass is 35.5. The summed E-state index contributed by atoms with van der Waals surface area (Å²) in [6.07, 6.45) is -0.465. The number of carbonyl (C=O) groups excluding carboxylic acids is 1. The van der Waals surface area contributed by atoms with Gasteiger partial charge in [0.25, 0.3) is 0 Å². The van der Waals surface area contributed by atoms with Crippen LogP contribution >= 0.6 is 11.6 Å². The van der Waals surface area contributed by atoms with E-state index in [0.29, 0.717) is 17.1 Å². The minimum Gasteiger partial charge on any atom is -0.478 e. The third-order valence-corrected chi connectivity index (χ3v) is 5.88. The lowest BCUT2D eigenvalue weighted by Crippen LogP contribution is -2.32. The lowest BCUT2D eigenvalue weighted by molar-refractivity contribution is 0.0523. The number of rotatable bonds is 6. The molecule has 2 N–H and O–H groups in total. The number of amides is 1. The zero-order chi connectivity index (χ0) is 26.6. The van der Waals surface area contributed by atoms with Crippen LogP contribution in [0.1, 0.15) is 36.7 Å². The van der Waals surface area contributed by atoms with Gasteiger partial charge in [0.2, 0.25) is 0 Å². The van der Waals surface area contributed by atoms with Gasteiger partial charge in [-0.05, 0) is 96.1 Å². The molecule has 0 aliphatic heterocycles. The summed E-state index contributed by atoms with van der Waals surface area (Å²) >= 11 is 6.53. The van der Waals surface area contributed by atoms with Crippen molar-refractivity contribution in [3.8, 4) is 33.4 Å². The number of carboxylic acids is 1. The monoisotopic (exact) mass is 513 g/mol. The van der Waals surface area contributed by atoms with Crippen LogP contribution in [0.2, 0.25) is 5.02 Å². The number of carboxylic acid groups (broad SMARTS) is 1. The summed E-state index contributed by atoms with van der Waals surface area (Å²) in [6.45, 7) is 5.81. The van der Waals surface area contributed by atoms with E-state index in [0.717, 1.165) is 33.4 Å². The van der Waals surface area contributed by atoms with Crippen molar-refractivity contribution >= 4 is 23.7 Å². The predicted octanol–water partition coefficient (Wildman–Crippen LogP) is 8.06. The number of benzene rings is 4. The molecule has 0 fully saturated rings. The van der Waals surface area contributed by atoms with Crippen LogP contribution in [0.3, 0.4) is 0 Å². The first-order chi connectivity index (χ1) is 17.6. The molecule has 0 saturated heterocycles. The molecule has 4 aromatic rings. The summed E-state index contributed by atoms with van der Waals surface area (Å²) in [4.78, 5) is 23.8. The predicted molar refractivity (Wildman–Crippen MR) is 148 cm³/mol. The van der Waals surface area contributed by atoms with Crippen LogP contribution in [0.15, 0.2) is 91.0 Å². The van der Waals surface area contributed by atoms with Gasteiger partial charge in [-0.1, -0.05) is 66.2 Å². The van der Waals surface area contributed by atoms with Gasteiger partial charge in [0.1, 0.15) is 5.60 Å². The number of carbonyl (C=O) groups is 2. The van der Waals surface area contributed by atoms with Crippen molar-refractivity contribution in [2.24, 2.45) is 0 Å². The van der Waals surface area contributed by atoms with Gasteiger partial charge in [-0.25, -0.2) is 9.59 Å². The normalized spacial score (nSPS) is 11.1. The van der Waals surface area contributed by atoms with Gasteiger partial charge in [0, 0.05) is 11.6 Å². The average molecular weight is 514 g/mol. The molecule has 5 nitrogen and oxygen atoms in total. The molecule has 0 bridgehead atoms. The molecule has 4 rings (SSSR count). The summed E-state index contributed by atoms with van der Waals surface area (Å²) in [5.74, 6) is -0.966. The first-order valence-electron chi connectivity index (χ1n) is 11.9. The van der Waals surface area contributed by atoms with E-state index in [2.05, 4.69) is 11.4 Å². The molecule has 0 unspecified atom stereocenters. The van der Waals surface area contributed by atoms with Crippen LogP contribution in [0.4, 0.5) is 4.79 Å². The van der Waals surface area contributed by atoms with Gasteiger partial charge >= 0.3 is 12.1 Å². The molecule has 1 amide bonds. The Kier molecular flexibility index (Phi) is 7.65. The molecule has 0 spiro atoms. The number of hydrogen-bond donors (Lipinski definition) is 2. The molecule has 0 aliphatic carbocycles.